The van der Waals surface area contributed by atoms with E-state index in [4.69, 9.17) is 25.8 Å². The van der Waals surface area contributed by atoms with Crippen molar-refractivity contribution in [3.63, 3.8) is 0 Å². The number of nitrogens with two attached hydrogens (primary N) is 1. The van der Waals surface area contributed by atoms with E-state index in [1.807, 2.05) is 13.8 Å². The largest absolute Gasteiger partial charge is 0.490 e. The van der Waals surface area contributed by atoms with Gasteiger partial charge in [-0.3, -0.25) is 9.59 Å². The van der Waals surface area contributed by atoms with Crippen LogP contribution in [0.3, 0.4) is 0 Å². The number of alkyl halides is 3. The first-order valence-corrected chi connectivity index (χ1v) is 6.99. The van der Waals surface area contributed by atoms with Crippen LogP contribution >= 0.6 is 0 Å². The molecule has 12 heteroatoms. The summed E-state index contributed by atoms with van der Waals surface area (Å²) in [6, 6.07) is -2.05. The molecule has 0 aromatic heterocycles. The summed E-state index contributed by atoms with van der Waals surface area (Å²) in [7, 11) is 0. The van der Waals surface area contributed by atoms with Gasteiger partial charge in [0, 0.05) is 6.42 Å². The van der Waals surface area contributed by atoms with E-state index >= 15 is 0 Å². The Balaban J connectivity index is 0. The van der Waals surface area contributed by atoms with Crippen LogP contribution in [0.25, 0.3) is 0 Å². The molecule has 0 heterocycles. The normalized spacial score (nSPS) is 13.2. The zero-order chi connectivity index (χ0) is 20.4. The number of nitrogens with one attached hydrogen (secondary N) is 1. The molecule has 0 aromatic carbocycles. The van der Waals surface area contributed by atoms with Crippen molar-refractivity contribution in [3.05, 3.63) is 0 Å². The van der Waals surface area contributed by atoms with E-state index in [0.29, 0.717) is 6.42 Å². The van der Waals surface area contributed by atoms with Gasteiger partial charge in [0.1, 0.15) is 12.1 Å². The van der Waals surface area contributed by atoms with Gasteiger partial charge in [0.2, 0.25) is 5.91 Å². The minimum Gasteiger partial charge on any atom is -0.480 e. The van der Waals surface area contributed by atoms with Crippen molar-refractivity contribution < 1.29 is 47.7 Å². The van der Waals surface area contributed by atoms with E-state index in [1.165, 1.54) is 0 Å². The lowest BCUT2D eigenvalue weighted by molar-refractivity contribution is -0.192. The van der Waals surface area contributed by atoms with Crippen molar-refractivity contribution >= 4 is 23.8 Å². The summed E-state index contributed by atoms with van der Waals surface area (Å²) in [6.45, 7) is 3.70. The van der Waals surface area contributed by atoms with Crippen LogP contribution in [0.5, 0.6) is 0 Å². The highest BCUT2D eigenvalue weighted by Gasteiger charge is 2.38. The SMILES string of the molecule is CC(C)C[C@H](NC(=O)CC[C@H](N)C(=O)O)C(=O)O.O=C(O)C(F)(F)F. The van der Waals surface area contributed by atoms with Gasteiger partial charge in [-0.25, -0.2) is 9.59 Å². The summed E-state index contributed by atoms with van der Waals surface area (Å²) in [4.78, 5) is 41.7. The number of hydrogen-bond acceptors (Lipinski definition) is 5. The number of hydrogen-bond donors (Lipinski definition) is 5. The molecule has 0 aliphatic heterocycles. The van der Waals surface area contributed by atoms with Crippen LogP contribution in [0, 0.1) is 5.92 Å². The molecule has 6 N–H and O–H groups in total. The van der Waals surface area contributed by atoms with Crippen LogP contribution in [0.2, 0.25) is 0 Å². The lowest BCUT2D eigenvalue weighted by Gasteiger charge is -2.16. The van der Waals surface area contributed by atoms with Crippen molar-refractivity contribution in [3.8, 4) is 0 Å². The zero-order valence-electron chi connectivity index (χ0n) is 13.5. The van der Waals surface area contributed by atoms with Gasteiger partial charge < -0.3 is 26.4 Å². The Hall–Kier alpha value is -2.37. The molecule has 0 radical (unpaired) electrons. The predicted molar refractivity (Wildman–Crippen MR) is 77.6 cm³/mol. The fourth-order valence-corrected chi connectivity index (χ4v) is 1.37. The highest BCUT2D eigenvalue weighted by atomic mass is 19.4. The molecule has 2 atom stereocenters. The van der Waals surface area contributed by atoms with Gasteiger partial charge in [0.05, 0.1) is 0 Å². The molecule has 0 saturated heterocycles. The second-order valence-electron chi connectivity index (χ2n) is 5.37. The van der Waals surface area contributed by atoms with Crippen molar-refractivity contribution in [1.82, 2.24) is 5.32 Å². The Morgan fingerprint density at radius 1 is 1.04 bits per heavy atom. The summed E-state index contributed by atoms with van der Waals surface area (Å²) in [5, 5.41) is 26.9. The van der Waals surface area contributed by atoms with Gasteiger partial charge in [-0.1, -0.05) is 13.8 Å². The number of rotatable bonds is 8. The first-order valence-electron chi connectivity index (χ1n) is 6.99. The van der Waals surface area contributed by atoms with E-state index < -0.39 is 42.1 Å². The highest BCUT2D eigenvalue weighted by Crippen LogP contribution is 2.13. The van der Waals surface area contributed by atoms with Gasteiger partial charge in [0.25, 0.3) is 0 Å². The quantitative estimate of drug-likeness (QED) is 0.407. The summed E-state index contributed by atoms with van der Waals surface area (Å²) >= 11 is 0. The third-order valence-electron chi connectivity index (χ3n) is 2.58. The number of amides is 1. The molecule has 146 valence electrons. The van der Waals surface area contributed by atoms with E-state index in [-0.39, 0.29) is 18.8 Å². The molecule has 9 nitrogen and oxygen atoms in total. The predicted octanol–water partition coefficient (Wildman–Crippen LogP) is 0.427. The molecule has 0 fully saturated rings. The maximum absolute atomic E-state index is 11.4. The number of carbonyl (C=O) groups excluding carboxylic acids is 1. The second kappa shape index (κ2) is 11.2. The van der Waals surface area contributed by atoms with Gasteiger partial charge >= 0.3 is 24.1 Å². The molecule has 1 amide bonds. The molecule has 0 aliphatic carbocycles. The fourth-order valence-electron chi connectivity index (χ4n) is 1.37. The first kappa shape index (κ1) is 24.9. The Bertz CT molecular complexity index is 481. The third kappa shape index (κ3) is 13.7. The van der Waals surface area contributed by atoms with Crippen molar-refractivity contribution in [2.24, 2.45) is 11.7 Å². The van der Waals surface area contributed by atoms with Crippen LogP contribution < -0.4 is 11.1 Å². The number of halogens is 3. The van der Waals surface area contributed by atoms with Crippen LogP contribution in [-0.2, 0) is 19.2 Å². The van der Waals surface area contributed by atoms with Gasteiger partial charge in [-0.05, 0) is 18.8 Å². The van der Waals surface area contributed by atoms with Crippen LogP contribution in [-0.4, -0.2) is 57.4 Å². The maximum atomic E-state index is 11.4. The molecular formula is C13H21F3N2O7. The van der Waals surface area contributed by atoms with Crippen molar-refractivity contribution in [2.45, 2.75) is 51.4 Å². The van der Waals surface area contributed by atoms with Crippen molar-refractivity contribution in [1.29, 1.82) is 0 Å². The average Bonchev–Trinajstić information content (AvgIpc) is 2.42. The molecule has 0 aliphatic rings. The molecule has 0 unspecified atom stereocenters. The Morgan fingerprint density at radius 3 is 1.76 bits per heavy atom. The molecule has 0 spiro atoms. The molecule has 0 aromatic rings. The molecular weight excluding hydrogens is 353 g/mol. The first-order chi connectivity index (χ1) is 11.2. The lowest BCUT2D eigenvalue weighted by Crippen LogP contribution is -2.42. The van der Waals surface area contributed by atoms with Gasteiger partial charge in [-0.15, -0.1) is 0 Å². The number of carboxylic acid groups (broad SMARTS) is 3. The zero-order valence-corrected chi connectivity index (χ0v) is 13.5. The third-order valence-corrected chi connectivity index (χ3v) is 2.58. The summed E-state index contributed by atoms with van der Waals surface area (Å²) in [6.07, 6.45) is -4.88. The molecule has 0 saturated carbocycles. The minimum atomic E-state index is -5.08. The summed E-state index contributed by atoms with van der Waals surface area (Å²) < 4.78 is 31.7. The maximum Gasteiger partial charge on any atom is 0.490 e. The van der Waals surface area contributed by atoms with Crippen LogP contribution in [0.1, 0.15) is 33.1 Å². The summed E-state index contributed by atoms with van der Waals surface area (Å²) in [5.74, 6) is -5.40. The minimum absolute atomic E-state index is 0.0187. The molecule has 0 rings (SSSR count). The van der Waals surface area contributed by atoms with Crippen LogP contribution in [0.4, 0.5) is 13.2 Å². The number of carboxylic acids is 3. The van der Waals surface area contributed by atoms with E-state index in [9.17, 15) is 27.6 Å². The fraction of sp³-hybridized carbons (Fsp3) is 0.692. The highest BCUT2D eigenvalue weighted by molar-refractivity contribution is 5.84. The average molecular weight is 374 g/mol. The van der Waals surface area contributed by atoms with Gasteiger partial charge in [-0.2, -0.15) is 13.2 Å². The Labute approximate surface area is 141 Å². The Kier molecular flexibility index (Phi) is 11.2. The topological polar surface area (TPSA) is 167 Å². The Morgan fingerprint density at radius 2 is 1.48 bits per heavy atom. The van der Waals surface area contributed by atoms with E-state index in [2.05, 4.69) is 5.32 Å². The smallest absolute Gasteiger partial charge is 0.480 e. The standard InChI is InChI=1S/C11H20N2O5.C2HF3O2/c1-6(2)5-8(11(17)18)13-9(14)4-3-7(12)10(15)16;3-2(4,5)1(6)7/h6-8H,3-5,12H2,1-2H3,(H,13,14)(H,15,16)(H,17,18);(H,6,7)/t7-,8-;/m0./s1. The van der Waals surface area contributed by atoms with E-state index in [1.54, 1.807) is 0 Å². The number of carbonyl (C=O) groups is 4. The lowest BCUT2D eigenvalue weighted by atomic mass is 10.0. The molecule has 25 heavy (non-hydrogen) atoms. The number of aliphatic carboxylic acids is 3. The van der Waals surface area contributed by atoms with Crippen LogP contribution in [0.15, 0.2) is 0 Å². The summed E-state index contributed by atoms with van der Waals surface area (Å²) in [5.41, 5.74) is 5.24. The monoisotopic (exact) mass is 374 g/mol. The van der Waals surface area contributed by atoms with Gasteiger partial charge in [0.15, 0.2) is 0 Å². The van der Waals surface area contributed by atoms with Crippen molar-refractivity contribution in [2.75, 3.05) is 0 Å². The van der Waals surface area contributed by atoms with E-state index in [0.717, 1.165) is 0 Å². The molecule has 0 bridgehead atoms. The second-order valence-corrected chi connectivity index (χ2v) is 5.37.